The lowest BCUT2D eigenvalue weighted by molar-refractivity contribution is -0.121. The molecular formula is C17H23N3O4. The maximum Gasteiger partial charge on any atom is 0.325 e. The van der Waals surface area contributed by atoms with Gasteiger partial charge in [-0.05, 0) is 44.0 Å². The average Bonchev–Trinajstić information content (AvgIpc) is 2.56. The molecular weight excluding hydrogens is 310 g/mol. The first-order chi connectivity index (χ1) is 11.6. The van der Waals surface area contributed by atoms with Crippen molar-refractivity contribution in [3.05, 3.63) is 18.2 Å². The molecule has 3 amide bonds. The first kappa shape index (κ1) is 16.6. The van der Waals surface area contributed by atoms with Gasteiger partial charge in [0.15, 0.2) is 11.5 Å². The van der Waals surface area contributed by atoms with E-state index < -0.39 is 6.03 Å². The van der Waals surface area contributed by atoms with Crippen LogP contribution in [0, 0.1) is 5.92 Å². The number of hydrogen-bond acceptors (Lipinski definition) is 5. The molecule has 2 aliphatic rings. The molecule has 0 aromatic heterocycles. The molecule has 0 bridgehead atoms. The molecule has 7 heteroatoms. The Labute approximate surface area is 141 Å². The van der Waals surface area contributed by atoms with Gasteiger partial charge < -0.3 is 14.8 Å². The summed E-state index contributed by atoms with van der Waals surface area (Å²) >= 11 is 0. The highest BCUT2D eigenvalue weighted by atomic mass is 16.6. The molecule has 0 atom stereocenters. The van der Waals surface area contributed by atoms with E-state index in [2.05, 4.69) is 22.5 Å². The van der Waals surface area contributed by atoms with Crippen LogP contribution in [0.3, 0.4) is 0 Å². The Morgan fingerprint density at radius 3 is 2.62 bits per heavy atom. The van der Waals surface area contributed by atoms with Crippen LogP contribution in [0.4, 0.5) is 10.5 Å². The number of fused-ring (bicyclic) bond motifs is 1. The highest BCUT2D eigenvalue weighted by Crippen LogP contribution is 2.32. The van der Waals surface area contributed by atoms with Crippen molar-refractivity contribution in [1.82, 2.24) is 10.2 Å². The zero-order valence-corrected chi connectivity index (χ0v) is 13.8. The Morgan fingerprint density at radius 1 is 1.17 bits per heavy atom. The Kier molecular flexibility index (Phi) is 5.20. The van der Waals surface area contributed by atoms with Gasteiger partial charge in [-0.25, -0.2) is 4.79 Å². The summed E-state index contributed by atoms with van der Waals surface area (Å²) in [5, 5.41) is 5.01. The summed E-state index contributed by atoms with van der Waals surface area (Å²) in [5.41, 5.74) is 0.552. The number of carbonyl (C=O) groups excluding carboxylic acids is 2. The number of rotatable bonds is 3. The standard InChI is InChI=1S/C17H23N3O4/c1-12-4-6-20(7-5-12)11-16(21)19-17(22)18-13-2-3-14-15(10-13)24-9-8-23-14/h2-3,10,12H,4-9,11H2,1H3,(H2,18,19,21,22). The minimum absolute atomic E-state index is 0.251. The summed E-state index contributed by atoms with van der Waals surface area (Å²) in [4.78, 5) is 26.0. The number of benzene rings is 1. The van der Waals surface area contributed by atoms with Gasteiger partial charge in [-0.2, -0.15) is 0 Å². The van der Waals surface area contributed by atoms with Crippen molar-refractivity contribution in [1.29, 1.82) is 0 Å². The summed E-state index contributed by atoms with van der Waals surface area (Å²) < 4.78 is 10.9. The molecule has 7 nitrogen and oxygen atoms in total. The lowest BCUT2D eigenvalue weighted by atomic mass is 9.99. The van der Waals surface area contributed by atoms with Gasteiger partial charge in [0.2, 0.25) is 5.91 Å². The van der Waals surface area contributed by atoms with Crippen LogP contribution in [0.2, 0.25) is 0 Å². The monoisotopic (exact) mass is 333 g/mol. The van der Waals surface area contributed by atoms with Crippen LogP contribution in [0.5, 0.6) is 11.5 Å². The molecule has 1 saturated heterocycles. The molecule has 1 aromatic rings. The number of likely N-dealkylation sites (tertiary alicyclic amines) is 1. The number of piperidine rings is 1. The molecule has 2 N–H and O–H groups in total. The van der Waals surface area contributed by atoms with Gasteiger partial charge in [-0.15, -0.1) is 0 Å². The minimum atomic E-state index is -0.540. The van der Waals surface area contributed by atoms with Crippen LogP contribution in [-0.2, 0) is 4.79 Å². The van der Waals surface area contributed by atoms with Gasteiger partial charge in [0, 0.05) is 11.8 Å². The fraction of sp³-hybridized carbons (Fsp3) is 0.529. The van der Waals surface area contributed by atoms with E-state index >= 15 is 0 Å². The third kappa shape index (κ3) is 4.38. The van der Waals surface area contributed by atoms with E-state index in [0.29, 0.717) is 36.3 Å². The fourth-order valence-electron chi connectivity index (χ4n) is 2.87. The second kappa shape index (κ2) is 7.53. The Balaban J connectivity index is 1.47. The number of carbonyl (C=O) groups is 2. The SMILES string of the molecule is CC1CCN(CC(=O)NC(=O)Nc2ccc3c(c2)OCCO3)CC1. The number of hydrogen-bond donors (Lipinski definition) is 2. The number of imide groups is 1. The smallest absolute Gasteiger partial charge is 0.325 e. The first-order valence-corrected chi connectivity index (χ1v) is 8.33. The molecule has 0 radical (unpaired) electrons. The number of urea groups is 1. The lowest BCUT2D eigenvalue weighted by Gasteiger charge is -2.29. The lowest BCUT2D eigenvalue weighted by Crippen LogP contribution is -2.44. The van der Waals surface area contributed by atoms with E-state index in [4.69, 9.17) is 9.47 Å². The number of ether oxygens (including phenoxy) is 2. The maximum absolute atomic E-state index is 12.0. The minimum Gasteiger partial charge on any atom is -0.486 e. The van der Waals surface area contributed by atoms with Gasteiger partial charge in [0.05, 0.1) is 6.54 Å². The molecule has 1 aromatic carbocycles. The van der Waals surface area contributed by atoms with Crippen molar-refractivity contribution < 1.29 is 19.1 Å². The van der Waals surface area contributed by atoms with E-state index in [1.807, 2.05) is 0 Å². The molecule has 130 valence electrons. The number of amides is 3. The van der Waals surface area contributed by atoms with Crippen LogP contribution in [0.25, 0.3) is 0 Å². The van der Waals surface area contributed by atoms with Crippen molar-refractivity contribution >= 4 is 17.6 Å². The molecule has 0 unspecified atom stereocenters. The normalized spacial score (nSPS) is 18.0. The van der Waals surface area contributed by atoms with Crippen LogP contribution in [-0.4, -0.2) is 49.7 Å². The molecule has 3 rings (SSSR count). The summed E-state index contributed by atoms with van der Waals surface area (Å²) in [7, 11) is 0. The zero-order valence-electron chi connectivity index (χ0n) is 13.8. The van der Waals surface area contributed by atoms with Crippen LogP contribution in [0.15, 0.2) is 18.2 Å². The number of nitrogens with zero attached hydrogens (tertiary/aromatic N) is 1. The van der Waals surface area contributed by atoms with Gasteiger partial charge in [0.25, 0.3) is 0 Å². The maximum atomic E-state index is 12.0. The molecule has 0 spiro atoms. The van der Waals surface area contributed by atoms with Gasteiger partial charge in [-0.3, -0.25) is 15.0 Å². The second-order valence-electron chi connectivity index (χ2n) is 6.32. The average molecular weight is 333 g/mol. The van der Waals surface area contributed by atoms with E-state index in [1.165, 1.54) is 0 Å². The van der Waals surface area contributed by atoms with Crippen molar-refractivity contribution in [3.63, 3.8) is 0 Å². The zero-order chi connectivity index (χ0) is 16.9. The summed E-state index contributed by atoms with van der Waals surface area (Å²) in [6, 6.07) is 4.59. The fourth-order valence-corrected chi connectivity index (χ4v) is 2.87. The predicted octanol–water partition coefficient (Wildman–Crippen LogP) is 1.84. The highest BCUT2D eigenvalue weighted by molar-refractivity contribution is 6.01. The molecule has 2 aliphatic heterocycles. The number of anilines is 1. The third-order valence-corrected chi connectivity index (χ3v) is 4.30. The van der Waals surface area contributed by atoms with E-state index in [-0.39, 0.29) is 12.5 Å². The van der Waals surface area contributed by atoms with Gasteiger partial charge >= 0.3 is 6.03 Å². The van der Waals surface area contributed by atoms with Crippen molar-refractivity contribution in [3.8, 4) is 11.5 Å². The van der Waals surface area contributed by atoms with E-state index in [1.54, 1.807) is 18.2 Å². The van der Waals surface area contributed by atoms with Crippen LogP contribution >= 0.6 is 0 Å². The predicted molar refractivity (Wildman–Crippen MR) is 89.4 cm³/mol. The van der Waals surface area contributed by atoms with Crippen LogP contribution < -0.4 is 20.1 Å². The van der Waals surface area contributed by atoms with Gasteiger partial charge in [0.1, 0.15) is 13.2 Å². The molecule has 2 heterocycles. The molecule has 1 fully saturated rings. The first-order valence-electron chi connectivity index (χ1n) is 8.33. The molecule has 0 saturated carbocycles. The van der Waals surface area contributed by atoms with Crippen LogP contribution in [0.1, 0.15) is 19.8 Å². The van der Waals surface area contributed by atoms with E-state index in [0.717, 1.165) is 25.9 Å². The second-order valence-corrected chi connectivity index (χ2v) is 6.32. The Bertz CT molecular complexity index is 612. The number of nitrogens with one attached hydrogen (secondary N) is 2. The van der Waals surface area contributed by atoms with E-state index in [9.17, 15) is 9.59 Å². The Morgan fingerprint density at radius 2 is 1.88 bits per heavy atom. The largest absolute Gasteiger partial charge is 0.486 e. The van der Waals surface area contributed by atoms with Gasteiger partial charge in [-0.1, -0.05) is 6.92 Å². The summed E-state index contributed by atoms with van der Waals surface area (Å²) in [5.74, 6) is 1.66. The third-order valence-electron chi connectivity index (χ3n) is 4.30. The summed E-state index contributed by atoms with van der Waals surface area (Å²) in [6.45, 7) is 5.27. The Hall–Kier alpha value is -2.28. The van der Waals surface area contributed by atoms with Crippen molar-refractivity contribution in [2.45, 2.75) is 19.8 Å². The summed E-state index contributed by atoms with van der Waals surface area (Å²) in [6.07, 6.45) is 2.19. The highest BCUT2D eigenvalue weighted by Gasteiger charge is 2.19. The van der Waals surface area contributed by atoms with Crippen molar-refractivity contribution in [2.75, 3.05) is 38.2 Å². The quantitative estimate of drug-likeness (QED) is 0.882. The molecule has 24 heavy (non-hydrogen) atoms. The van der Waals surface area contributed by atoms with Crippen molar-refractivity contribution in [2.24, 2.45) is 5.92 Å². The topological polar surface area (TPSA) is 79.9 Å². The molecule has 0 aliphatic carbocycles.